The number of alkyl carbamates (subject to hydrolysis) is 1. The van der Waals surface area contributed by atoms with Gasteiger partial charge in [-0.1, -0.05) is 48.5 Å². The maximum absolute atomic E-state index is 12.3. The molecule has 2 aromatic carbocycles. The molecule has 3 N–H and O–H groups in total. The summed E-state index contributed by atoms with van der Waals surface area (Å²) in [5.41, 5.74) is 6.70. The topological polar surface area (TPSA) is 123 Å². The molecule has 0 radical (unpaired) electrons. The van der Waals surface area contributed by atoms with E-state index < -0.39 is 30.2 Å². The van der Waals surface area contributed by atoms with Gasteiger partial charge in [-0.15, -0.1) is 0 Å². The Morgan fingerprint density at radius 3 is 2.21 bits per heavy atom. The second-order valence-electron chi connectivity index (χ2n) is 8.51. The van der Waals surface area contributed by atoms with E-state index in [1.165, 1.54) is 7.11 Å². The van der Waals surface area contributed by atoms with Crippen molar-refractivity contribution in [3.63, 3.8) is 0 Å². The van der Waals surface area contributed by atoms with Crippen molar-refractivity contribution < 1.29 is 33.8 Å². The first-order valence-electron chi connectivity index (χ1n) is 11.3. The van der Waals surface area contributed by atoms with Gasteiger partial charge in [-0.25, -0.2) is 15.1 Å². The molecule has 9 heteroatoms. The van der Waals surface area contributed by atoms with Gasteiger partial charge >= 0.3 is 12.1 Å². The number of carbonyl (C=O) groups is 3. The standard InChI is InChI=1S/C25H28N2O7/c1-32-16(12-22(28)27-34-23(24(29)30)15-10-11-15)13-26-25(31)33-14-21-19-8-4-2-6-17(19)18-7-3-5-9-20(18)21/h2-9,15-16,21,23H,10-14H2,1H3,(H,26,31)(H,27,28)(H,29,30). The van der Waals surface area contributed by atoms with E-state index in [-0.39, 0.29) is 31.4 Å². The van der Waals surface area contributed by atoms with E-state index >= 15 is 0 Å². The molecule has 0 aromatic heterocycles. The van der Waals surface area contributed by atoms with Crippen LogP contribution >= 0.6 is 0 Å². The number of carboxylic acids is 1. The second kappa shape index (κ2) is 10.7. The summed E-state index contributed by atoms with van der Waals surface area (Å²) < 4.78 is 10.7. The first kappa shape index (κ1) is 23.7. The molecule has 0 bridgehead atoms. The Labute approximate surface area is 197 Å². The lowest BCUT2D eigenvalue weighted by atomic mass is 9.98. The van der Waals surface area contributed by atoms with Crippen LogP contribution in [-0.4, -0.2) is 55.5 Å². The van der Waals surface area contributed by atoms with Crippen molar-refractivity contribution in [1.29, 1.82) is 0 Å². The molecule has 4 rings (SSSR count). The van der Waals surface area contributed by atoms with Crippen LogP contribution in [0.15, 0.2) is 48.5 Å². The first-order valence-corrected chi connectivity index (χ1v) is 11.3. The molecule has 2 aliphatic carbocycles. The van der Waals surface area contributed by atoms with Crippen LogP contribution in [0.4, 0.5) is 4.79 Å². The molecule has 2 atom stereocenters. The number of ether oxygens (including phenoxy) is 2. The normalized spacial score (nSPS) is 16.1. The third kappa shape index (κ3) is 5.55. The quantitative estimate of drug-likeness (QED) is 0.433. The molecular weight excluding hydrogens is 440 g/mol. The third-order valence-corrected chi connectivity index (χ3v) is 6.16. The molecule has 0 saturated heterocycles. The van der Waals surface area contributed by atoms with Crippen molar-refractivity contribution in [2.24, 2.45) is 5.92 Å². The smallest absolute Gasteiger partial charge is 0.407 e. The molecule has 9 nitrogen and oxygen atoms in total. The predicted octanol–water partition coefficient (Wildman–Crippen LogP) is 2.84. The van der Waals surface area contributed by atoms with Crippen LogP contribution < -0.4 is 10.8 Å². The van der Waals surface area contributed by atoms with Gasteiger partial charge in [0.05, 0.1) is 12.5 Å². The van der Waals surface area contributed by atoms with E-state index in [0.717, 1.165) is 35.1 Å². The SMILES string of the molecule is COC(CNC(=O)OCC1c2ccccc2-c2ccccc21)CC(=O)NOC(C(=O)O)C1CC1. The number of methoxy groups -OCH3 is 1. The van der Waals surface area contributed by atoms with Crippen molar-refractivity contribution >= 4 is 18.0 Å². The van der Waals surface area contributed by atoms with Gasteiger partial charge in [0.25, 0.3) is 0 Å². The maximum atomic E-state index is 12.3. The zero-order chi connectivity index (χ0) is 24.1. The molecule has 180 valence electrons. The summed E-state index contributed by atoms with van der Waals surface area (Å²) in [7, 11) is 1.42. The molecular formula is C25H28N2O7. The molecule has 34 heavy (non-hydrogen) atoms. The van der Waals surface area contributed by atoms with E-state index in [0.29, 0.717) is 0 Å². The average molecular weight is 469 g/mol. The van der Waals surface area contributed by atoms with Crippen LogP contribution in [0.1, 0.15) is 36.3 Å². The highest BCUT2D eigenvalue weighted by Gasteiger charge is 2.38. The molecule has 0 spiro atoms. The molecule has 1 fully saturated rings. The van der Waals surface area contributed by atoms with Crippen LogP contribution in [-0.2, 0) is 23.9 Å². The number of benzene rings is 2. The molecule has 2 aromatic rings. The van der Waals surface area contributed by atoms with Gasteiger partial charge in [-0.2, -0.15) is 0 Å². The highest BCUT2D eigenvalue weighted by Crippen LogP contribution is 2.44. The number of hydroxylamine groups is 1. The average Bonchev–Trinajstić information content (AvgIpc) is 3.62. The first-order chi connectivity index (χ1) is 16.5. The van der Waals surface area contributed by atoms with Crippen molar-refractivity contribution in [2.75, 3.05) is 20.3 Å². The Balaban J connectivity index is 1.23. The third-order valence-electron chi connectivity index (χ3n) is 6.16. The molecule has 2 amide bonds. The number of amides is 2. The summed E-state index contributed by atoms with van der Waals surface area (Å²) in [6, 6.07) is 16.1. The fraction of sp³-hybridized carbons (Fsp3) is 0.400. The van der Waals surface area contributed by atoms with Gasteiger partial charge in [0, 0.05) is 19.6 Å². The second-order valence-corrected chi connectivity index (χ2v) is 8.51. The fourth-order valence-electron chi connectivity index (χ4n) is 4.21. The van der Waals surface area contributed by atoms with Crippen LogP contribution in [0.2, 0.25) is 0 Å². The number of carbonyl (C=O) groups excluding carboxylic acids is 2. The van der Waals surface area contributed by atoms with Crippen LogP contribution in [0.5, 0.6) is 0 Å². The van der Waals surface area contributed by atoms with E-state index in [2.05, 4.69) is 22.9 Å². The number of hydrogen-bond acceptors (Lipinski definition) is 6. The highest BCUT2D eigenvalue weighted by atomic mass is 16.7. The van der Waals surface area contributed by atoms with Gasteiger partial charge in [0.1, 0.15) is 6.61 Å². The van der Waals surface area contributed by atoms with Crippen LogP contribution in [0, 0.1) is 5.92 Å². The van der Waals surface area contributed by atoms with E-state index in [1.54, 1.807) is 0 Å². The minimum atomic E-state index is -1.11. The Bertz CT molecular complexity index is 1010. The van der Waals surface area contributed by atoms with Gasteiger partial charge in [0.15, 0.2) is 6.10 Å². The van der Waals surface area contributed by atoms with E-state index in [4.69, 9.17) is 19.4 Å². The Kier molecular flexibility index (Phi) is 7.44. The van der Waals surface area contributed by atoms with Crippen molar-refractivity contribution in [2.45, 2.75) is 37.4 Å². The van der Waals surface area contributed by atoms with Crippen LogP contribution in [0.25, 0.3) is 11.1 Å². The van der Waals surface area contributed by atoms with Crippen molar-refractivity contribution in [3.8, 4) is 11.1 Å². The monoisotopic (exact) mass is 468 g/mol. The zero-order valence-electron chi connectivity index (χ0n) is 18.9. The van der Waals surface area contributed by atoms with Crippen LogP contribution in [0.3, 0.4) is 0 Å². The van der Waals surface area contributed by atoms with Gasteiger partial charge in [-0.3, -0.25) is 9.63 Å². The van der Waals surface area contributed by atoms with Gasteiger partial charge in [-0.05, 0) is 41.0 Å². The summed E-state index contributed by atoms with van der Waals surface area (Å²) in [5, 5.41) is 11.8. The lowest BCUT2D eigenvalue weighted by Crippen LogP contribution is -2.40. The van der Waals surface area contributed by atoms with Crippen molar-refractivity contribution in [3.05, 3.63) is 59.7 Å². The molecule has 2 unspecified atom stereocenters. The summed E-state index contributed by atoms with van der Waals surface area (Å²) >= 11 is 0. The molecule has 0 heterocycles. The number of hydrogen-bond donors (Lipinski definition) is 3. The minimum Gasteiger partial charge on any atom is -0.479 e. The predicted molar refractivity (Wildman–Crippen MR) is 122 cm³/mol. The molecule has 0 aliphatic heterocycles. The minimum absolute atomic E-state index is 0.0472. The molecule has 2 aliphatic rings. The number of fused-ring (bicyclic) bond motifs is 3. The Morgan fingerprint density at radius 2 is 1.65 bits per heavy atom. The van der Waals surface area contributed by atoms with Crippen molar-refractivity contribution in [1.82, 2.24) is 10.8 Å². The summed E-state index contributed by atoms with van der Waals surface area (Å²) in [4.78, 5) is 40.7. The highest BCUT2D eigenvalue weighted by molar-refractivity contribution is 5.79. The number of rotatable bonds is 11. The fourth-order valence-corrected chi connectivity index (χ4v) is 4.21. The number of aliphatic carboxylic acids is 1. The summed E-state index contributed by atoms with van der Waals surface area (Å²) in [6.07, 6.45) is -0.885. The largest absolute Gasteiger partial charge is 0.479 e. The Morgan fingerprint density at radius 1 is 1.03 bits per heavy atom. The summed E-state index contributed by atoms with van der Waals surface area (Å²) in [5.74, 6) is -1.77. The number of nitrogens with one attached hydrogen (secondary N) is 2. The summed E-state index contributed by atoms with van der Waals surface area (Å²) in [6.45, 7) is 0.231. The lowest BCUT2D eigenvalue weighted by molar-refractivity contribution is -0.163. The zero-order valence-corrected chi connectivity index (χ0v) is 18.9. The van der Waals surface area contributed by atoms with Gasteiger partial charge in [0.2, 0.25) is 5.91 Å². The number of carboxylic acid groups (broad SMARTS) is 1. The van der Waals surface area contributed by atoms with E-state index in [1.807, 2.05) is 36.4 Å². The van der Waals surface area contributed by atoms with Gasteiger partial charge < -0.3 is 19.9 Å². The Hall–Kier alpha value is -3.43. The molecule has 1 saturated carbocycles. The maximum Gasteiger partial charge on any atom is 0.407 e. The lowest BCUT2D eigenvalue weighted by Gasteiger charge is -2.18. The van der Waals surface area contributed by atoms with E-state index in [9.17, 15) is 14.4 Å².